The fraction of sp³-hybridized carbons (Fsp3) is 0.500. The summed E-state index contributed by atoms with van der Waals surface area (Å²) in [7, 11) is -3.51. The zero-order chi connectivity index (χ0) is 20.1. The van der Waals surface area contributed by atoms with Crippen LogP contribution in [-0.4, -0.2) is 35.8 Å². The quantitative estimate of drug-likeness (QED) is 0.798. The molecular weight excluding hydrogens is 372 g/mol. The second-order valence-corrected chi connectivity index (χ2v) is 11.6. The zero-order valence-electron chi connectivity index (χ0n) is 16.0. The first-order valence-electron chi connectivity index (χ1n) is 8.08. The highest BCUT2D eigenvalue weighted by Crippen LogP contribution is 2.40. The number of rotatable bonds is 3. The molecule has 6 nitrogen and oxygen atoms in total. The minimum atomic E-state index is -3.51. The molecule has 0 radical (unpaired) electrons. The highest BCUT2D eigenvalue weighted by atomic mass is 32.2. The van der Waals surface area contributed by atoms with Crippen LogP contribution in [0.2, 0.25) is 0 Å². The van der Waals surface area contributed by atoms with Crippen LogP contribution < -0.4 is 0 Å². The molecule has 0 aliphatic carbocycles. The molecule has 142 valence electrons. The van der Waals surface area contributed by atoms with Gasteiger partial charge in [0.05, 0.1) is 0 Å². The molecule has 0 saturated carbocycles. The van der Waals surface area contributed by atoms with E-state index in [2.05, 4.69) is 10.2 Å². The summed E-state index contributed by atoms with van der Waals surface area (Å²) >= 11 is 0.751. The van der Waals surface area contributed by atoms with Gasteiger partial charge in [0.15, 0.2) is 5.01 Å². The Labute approximate surface area is 158 Å². The summed E-state index contributed by atoms with van der Waals surface area (Å²) < 4.78 is 23.0. The molecule has 2 aromatic rings. The van der Waals surface area contributed by atoms with Crippen LogP contribution in [0.5, 0.6) is 5.75 Å². The number of aromatic nitrogens is 2. The Hall–Kier alpha value is -1.80. The van der Waals surface area contributed by atoms with Gasteiger partial charge in [0.2, 0.25) is 20.0 Å². The van der Waals surface area contributed by atoms with Crippen molar-refractivity contribution in [2.45, 2.75) is 56.7 Å². The van der Waals surface area contributed by atoms with Crippen LogP contribution in [0.25, 0.3) is 0 Å². The van der Waals surface area contributed by atoms with E-state index in [1.807, 2.05) is 41.5 Å². The molecule has 0 aliphatic rings. The molecule has 26 heavy (non-hydrogen) atoms. The molecule has 1 aromatic carbocycles. The number of benzene rings is 1. The highest BCUT2D eigenvalue weighted by Gasteiger charge is 2.29. The lowest BCUT2D eigenvalue weighted by Gasteiger charge is -2.27. The number of ketones is 1. The molecule has 0 saturated heterocycles. The van der Waals surface area contributed by atoms with Gasteiger partial charge in [-0.05, 0) is 23.0 Å². The Morgan fingerprint density at radius 2 is 1.46 bits per heavy atom. The van der Waals surface area contributed by atoms with Crippen LogP contribution in [0.4, 0.5) is 0 Å². The number of phenols is 1. The number of aromatic hydroxyl groups is 1. The van der Waals surface area contributed by atoms with Gasteiger partial charge in [0.1, 0.15) is 5.75 Å². The number of hydrogen-bond donors (Lipinski definition) is 1. The monoisotopic (exact) mass is 396 g/mol. The SMILES string of the molecule is CC(C)(C)c1cc(C(=O)c2nnc(S(C)(=O)=O)s2)cc(C(C)(C)C)c1O. The van der Waals surface area contributed by atoms with E-state index in [0.717, 1.165) is 17.6 Å². The Morgan fingerprint density at radius 1 is 1.00 bits per heavy atom. The third-order valence-corrected chi connectivity index (χ3v) is 6.50. The minimum absolute atomic E-state index is 0.0100. The van der Waals surface area contributed by atoms with Crippen molar-refractivity contribution in [1.29, 1.82) is 0 Å². The number of sulfone groups is 1. The summed E-state index contributed by atoms with van der Waals surface area (Å²) in [6.45, 7) is 11.7. The van der Waals surface area contributed by atoms with Crippen molar-refractivity contribution >= 4 is 27.0 Å². The van der Waals surface area contributed by atoms with Gasteiger partial charge in [-0.15, -0.1) is 10.2 Å². The number of phenolic OH excluding ortho intramolecular Hbond substituents is 1. The normalized spacial score (nSPS) is 13.0. The summed E-state index contributed by atoms with van der Waals surface area (Å²) in [6.07, 6.45) is 1.03. The molecule has 0 amide bonds. The van der Waals surface area contributed by atoms with E-state index in [9.17, 15) is 18.3 Å². The van der Waals surface area contributed by atoms with Crippen molar-refractivity contribution < 1.29 is 18.3 Å². The van der Waals surface area contributed by atoms with E-state index in [1.165, 1.54) is 0 Å². The molecule has 1 N–H and O–H groups in total. The standard InChI is InChI=1S/C18H24N2O4S2/c1-17(2,3)11-8-10(9-12(14(11)22)18(4,5)6)13(21)15-19-20-16(25-15)26(7,23)24/h8-9,22H,1-7H3. The smallest absolute Gasteiger partial charge is 0.232 e. The third-order valence-electron chi connectivity index (χ3n) is 3.91. The molecule has 0 aliphatic heterocycles. The first-order chi connectivity index (χ1) is 11.6. The van der Waals surface area contributed by atoms with Crippen LogP contribution >= 0.6 is 11.3 Å². The summed E-state index contributed by atoms with van der Waals surface area (Å²) in [4.78, 5) is 12.9. The van der Waals surface area contributed by atoms with E-state index in [-0.39, 0.29) is 25.9 Å². The highest BCUT2D eigenvalue weighted by molar-refractivity contribution is 7.92. The molecule has 0 spiro atoms. The van der Waals surface area contributed by atoms with Crippen molar-refractivity contribution in [3.63, 3.8) is 0 Å². The van der Waals surface area contributed by atoms with Gasteiger partial charge in [-0.25, -0.2) is 8.42 Å². The average Bonchev–Trinajstić information content (AvgIpc) is 2.94. The van der Waals surface area contributed by atoms with E-state index < -0.39 is 15.6 Å². The lowest BCUT2D eigenvalue weighted by Crippen LogP contribution is -2.19. The van der Waals surface area contributed by atoms with Gasteiger partial charge in [0.25, 0.3) is 0 Å². The number of hydrogen-bond acceptors (Lipinski definition) is 7. The summed E-state index contributed by atoms with van der Waals surface area (Å²) in [5.74, 6) is -0.232. The van der Waals surface area contributed by atoms with Gasteiger partial charge in [-0.1, -0.05) is 52.9 Å². The Kier molecular flexibility index (Phi) is 5.07. The van der Waals surface area contributed by atoms with Gasteiger partial charge in [0, 0.05) is 22.9 Å². The second-order valence-electron chi connectivity index (χ2n) is 8.39. The van der Waals surface area contributed by atoms with E-state index in [1.54, 1.807) is 12.1 Å². The van der Waals surface area contributed by atoms with Crippen LogP contribution in [0.1, 0.15) is 68.0 Å². The first-order valence-corrected chi connectivity index (χ1v) is 10.8. The van der Waals surface area contributed by atoms with Crippen LogP contribution in [0, 0.1) is 0 Å². The maximum Gasteiger partial charge on any atom is 0.232 e. The molecular formula is C18H24N2O4S2. The second kappa shape index (κ2) is 6.42. The summed E-state index contributed by atoms with van der Waals surface area (Å²) in [5, 5.41) is 18.1. The van der Waals surface area contributed by atoms with Crippen molar-refractivity contribution in [2.24, 2.45) is 0 Å². The molecule has 0 atom stereocenters. The maximum atomic E-state index is 12.9. The largest absolute Gasteiger partial charge is 0.507 e. The van der Waals surface area contributed by atoms with Gasteiger partial charge < -0.3 is 5.11 Å². The van der Waals surface area contributed by atoms with Crippen LogP contribution in [-0.2, 0) is 20.7 Å². The summed E-state index contributed by atoms with van der Waals surface area (Å²) in [6, 6.07) is 3.29. The van der Waals surface area contributed by atoms with E-state index in [4.69, 9.17) is 0 Å². The maximum absolute atomic E-state index is 12.9. The number of nitrogens with zero attached hydrogens (tertiary/aromatic N) is 2. The predicted molar refractivity (Wildman–Crippen MR) is 102 cm³/mol. The molecule has 0 unspecified atom stereocenters. The molecule has 0 bridgehead atoms. The molecule has 0 fully saturated rings. The van der Waals surface area contributed by atoms with Gasteiger partial charge >= 0.3 is 0 Å². The van der Waals surface area contributed by atoms with Gasteiger partial charge in [-0.2, -0.15) is 0 Å². The average molecular weight is 397 g/mol. The Bertz CT molecular complexity index is 927. The summed E-state index contributed by atoms with van der Waals surface area (Å²) in [5.41, 5.74) is 0.912. The molecule has 1 heterocycles. The van der Waals surface area contributed by atoms with Crippen molar-refractivity contribution in [2.75, 3.05) is 6.26 Å². The number of carbonyl (C=O) groups is 1. The molecule has 2 rings (SSSR count). The topological polar surface area (TPSA) is 97.2 Å². The molecule has 8 heteroatoms. The predicted octanol–water partition coefficient (Wildman–Crippen LogP) is 3.47. The fourth-order valence-electron chi connectivity index (χ4n) is 2.48. The zero-order valence-corrected chi connectivity index (χ0v) is 17.7. The fourth-order valence-corrected chi connectivity index (χ4v) is 4.05. The number of carbonyl (C=O) groups excluding carboxylic acids is 1. The Balaban J connectivity index is 2.66. The minimum Gasteiger partial charge on any atom is -0.507 e. The van der Waals surface area contributed by atoms with Crippen LogP contribution in [0.15, 0.2) is 16.5 Å². The van der Waals surface area contributed by atoms with Gasteiger partial charge in [-0.3, -0.25) is 4.79 Å². The van der Waals surface area contributed by atoms with Crippen LogP contribution in [0.3, 0.4) is 0 Å². The lowest BCUT2D eigenvalue weighted by molar-refractivity contribution is 0.103. The van der Waals surface area contributed by atoms with Crippen molar-refractivity contribution in [3.8, 4) is 5.75 Å². The molecule has 1 aromatic heterocycles. The first kappa shape index (κ1) is 20.5. The third kappa shape index (κ3) is 4.12. The Morgan fingerprint density at radius 3 is 1.81 bits per heavy atom. The van der Waals surface area contributed by atoms with Crippen molar-refractivity contribution in [3.05, 3.63) is 33.8 Å². The van der Waals surface area contributed by atoms with E-state index in [0.29, 0.717) is 16.7 Å². The lowest BCUT2D eigenvalue weighted by atomic mass is 9.78. The van der Waals surface area contributed by atoms with Crippen molar-refractivity contribution in [1.82, 2.24) is 10.2 Å². The van der Waals surface area contributed by atoms with E-state index >= 15 is 0 Å².